The largest absolute Gasteiger partial charge is 0.456 e. The van der Waals surface area contributed by atoms with Crippen molar-refractivity contribution in [1.82, 2.24) is 10.6 Å². The summed E-state index contributed by atoms with van der Waals surface area (Å²) >= 11 is 0. The van der Waals surface area contributed by atoms with Crippen LogP contribution in [0.1, 0.15) is 68.2 Å². The number of benzene rings is 2. The van der Waals surface area contributed by atoms with E-state index in [0.717, 1.165) is 11.1 Å². The first-order valence-electron chi connectivity index (χ1n) is 11.9. The maximum Gasteiger partial charge on any atom is 0.306 e. The molecule has 0 saturated carbocycles. The summed E-state index contributed by atoms with van der Waals surface area (Å²) in [6, 6.07) is 17.6. The monoisotopic (exact) mass is 462 g/mol. The topological polar surface area (TPSA) is 84.5 Å². The Hall–Kier alpha value is -3.41. The van der Waals surface area contributed by atoms with E-state index in [9.17, 15) is 14.4 Å². The highest BCUT2D eigenvalue weighted by atomic mass is 16.5. The number of allylic oxidation sites excluding steroid dienone is 2. The average Bonchev–Trinajstić information content (AvgIpc) is 2.84. The van der Waals surface area contributed by atoms with Gasteiger partial charge in [0, 0.05) is 19.4 Å². The third-order valence-corrected chi connectivity index (χ3v) is 5.95. The van der Waals surface area contributed by atoms with Gasteiger partial charge in [-0.25, -0.2) is 0 Å². The summed E-state index contributed by atoms with van der Waals surface area (Å²) in [7, 11) is 0. The molecular weight excluding hydrogens is 428 g/mol. The molecule has 0 unspecified atom stereocenters. The summed E-state index contributed by atoms with van der Waals surface area (Å²) in [5.74, 6) is -0.726. The Bertz CT molecular complexity index is 983. The summed E-state index contributed by atoms with van der Waals surface area (Å²) in [5, 5.41) is 5.82. The van der Waals surface area contributed by atoms with E-state index in [4.69, 9.17) is 4.74 Å². The molecule has 0 saturated heterocycles. The van der Waals surface area contributed by atoms with Gasteiger partial charge >= 0.3 is 5.97 Å². The van der Waals surface area contributed by atoms with Crippen LogP contribution in [-0.4, -0.2) is 24.3 Å². The van der Waals surface area contributed by atoms with Crippen molar-refractivity contribution in [2.24, 2.45) is 5.92 Å². The highest BCUT2D eigenvalue weighted by Crippen LogP contribution is 2.20. The minimum absolute atomic E-state index is 0.0933. The lowest BCUT2D eigenvalue weighted by molar-refractivity contribution is -0.150. The predicted octanol–water partition coefficient (Wildman–Crippen LogP) is 4.57. The van der Waals surface area contributed by atoms with Crippen molar-refractivity contribution in [1.29, 1.82) is 0 Å². The highest BCUT2D eigenvalue weighted by molar-refractivity contribution is 5.86. The lowest BCUT2D eigenvalue weighted by Gasteiger charge is -2.21. The van der Waals surface area contributed by atoms with Gasteiger partial charge in [0.15, 0.2) is 0 Å². The van der Waals surface area contributed by atoms with Crippen molar-refractivity contribution in [2.75, 3.05) is 6.54 Å². The summed E-state index contributed by atoms with van der Waals surface area (Å²) in [5.41, 5.74) is 3.10. The first-order valence-corrected chi connectivity index (χ1v) is 11.9. The van der Waals surface area contributed by atoms with Gasteiger partial charge in [-0.1, -0.05) is 80.6 Å². The van der Waals surface area contributed by atoms with E-state index in [1.807, 2.05) is 54.6 Å². The molecule has 34 heavy (non-hydrogen) atoms. The molecule has 2 aromatic carbocycles. The molecule has 1 aliphatic heterocycles. The van der Waals surface area contributed by atoms with Crippen LogP contribution in [0.2, 0.25) is 0 Å². The summed E-state index contributed by atoms with van der Waals surface area (Å²) in [6.07, 6.45) is 4.51. The van der Waals surface area contributed by atoms with Crippen molar-refractivity contribution in [3.8, 4) is 0 Å². The molecule has 2 aromatic rings. The molecule has 2 amide bonds. The average molecular weight is 463 g/mol. The fourth-order valence-corrected chi connectivity index (χ4v) is 3.83. The Labute approximate surface area is 201 Å². The molecule has 3 rings (SSSR count). The van der Waals surface area contributed by atoms with E-state index >= 15 is 0 Å². The second kappa shape index (κ2) is 12.7. The number of amides is 2. The van der Waals surface area contributed by atoms with E-state index in [-0.39, 0.29) is 37.2 Å². The number of carbonyl (C=O) groups is 3. The second-order valence-corrected chi connectivity index (χ2v) is 8.95. The van der Waals surface area contributed by atoms with Crippen LogP contribution in [0.4, 0.5) is 0 Å². The molecule has 2 N–H and O–H groups in total. The van der Waals surface area contributed by atoms with E-state index in [1.54, 1.807) is 0 Å². The van der Waals surface area contributed by atoms with Crippen LogP contribution < -0.4 is 10.6 Å². The number of hydrogen-bond acceptors (Lipinski definition) is 4. The number of hydrogen-bond donors (Lipinski definition) is 2. The minimum Gasteiger partial charge on any atom is -0.456 e. The fourth-order valence-electron chi connectivity index (χ4n) is 3.83. The number of ether oxygens (including phenoxy) is 1. The molecule has 1 heterocycles. The Balaban J connectivity index is 1.60. The van der Waals surface area contributed by atoms with Crippen molar-refractivity contribution in [2.45, 2.75) is 58.1 Å². The van der Waals surface area contributed by atoms with Crippen LogP contribution in [0.3, 0.4) is 0 Å². The SMILES string of the molecule is CC(C)c1ccc(CNC(=O)C[C@@H]2CC=CCCC(=O)O[C@H](c3ccccc3)CNC2=O)cc1. The molecule has 0 aromatic heterocycles. The van der Waals surface area contributed by atoms with Crippen LogP contribution in [0.15, 0.2) is 66.7 Å². The predicted molar refractivity (Wildman–Crippen MR) is 132 cm³/mol. The van der Waals surface area contributed by atoms with Gasteiger partial charge in [-0.05, 0) is 35.4 Å². The van der Waals surface area contributed by atoms with Crippen LogP contribution in [0.5, 0.6) is 0 Å². The van der Waals surface area contributed by atoms with Crippen LogP contribution in [0.25, 0.3) is 0 Å². The van der Waals surface area contributed by atoms with Crippen LogP contribution >= 0.6 is 0 Å². The Morgan fingerprint density at radius 3 is 2.50 bits per heavy atom. The van der Waals surface area contributed by atoms with Crippen molar-refractivity contribution in [3.05, 3.63) is 83.4 Å². The third-order valence-electron chi connectivity index (χ3n) is 5.95. The zero-order valence-electron chi connectivity index (χ0n) is 20.0. The van der Waals surface area contributed by atoms with E-state index < -0.39 is 12.0 Å². The second-order valence-electron chi connectivity index (χ2n) is 8.95. The number of nitrogens with one attached hydrogen (secondary N) is 2. The lowest BCUT2D eigenvalue weighted by Crippen LogP contribution is -2.37. The standard InChI is InChI=1S/C28H34N2O4/c1-20(2)22-15-13-21(14-16-22)18-29-26(31)17-24-11-7-4-8-12-27(32)34-25(19-30-28(24)33)23-9-5-3-6-10-23/h3-7,9-10,13-16,20,24-25H,8,11-12,17-19H2,1-2H3,(H,29,31)(H,30,33)/t24-,25-/m0/s1. The molecule has 2 atom stereocenters. The van der Waals surface area contributed by atoms with E-state index in [2.05, 4.69) is 36.6 Å². The van der Waals surface area contributed by atoms with Gasteiger partial charge in [0.25, 0.3) is 0 Å². The Morgan fingerprint density at radius 2 is 1.79 bits per heavy atom. The molecule has 0 bridgehead atoms. The summed E-state index contributed by atoms with van der Waals surface area (Å²) in [4.78, 5) is 37.8. The maximum absolute atomic E-state index is 12.9. The molecule has 6 heteroatoms. The van der Waals surface area contributed by atoms with Crippen molar-refractivity contribution < 1.29 is 19.1 Å². The van der Waals surface area contributed by atoms with Gasteiger partial charge < -0.3 is 15.4 Å². The van der Waals surface area contributed by atoms with Gasteiger partial charge in [0.1, 0.15) is 6.10 Å². The zero-order valence-corrected chi connectivity index (χ0v) is 20.0. The minimum atomic E-state index is -0.565. The van der Waals surface area contributed by atoms with Gasteiger partial charge in [-0.3, -0.25) is 14.4 Å². The molecule has 180 valence electrons. The molecule has 1 aliphatic rings. The Morgan fingerprint density at radius 1 is 1.06 bits per heavy atom. The molecule has 0 spiro atoms. The van der Waals surface area contributed by atoms with Crippen molar-refractivity contribution >= 4 is 17.8 Å². The molecule has 6 nitrogen and oxygen atoms in total. The number of cyclic esters (lactones) is 1. The number of carbonyl (C=O) groups excluding carboxylic acids is 3. The lowest BCUT2D eigenvalue weighted by atomic mass is 9.98. The first-order chi connectivity index (χ1) is 16.4. The highest BCUT2D eigenvalue weighted by Gasteiger charge is 2.24. The number of esters is 1. The Kier molecular flexibility index (Phi) is 9.44. The summed E-state index contributed by atoms with van der Waals surface area (Å²) in [6.45, 7) is 4.88. The number of rotatable bonds is 6. The molecule has 0 aliphatic carbocycles. The molecule has 0 fully saturated rings. The van der Waals surface area contributed by atoms with Gasteiger partial charge in [0.2, 0.25) is 11.8 Å². The maximum atomic E-state index is 12.9. The van der Waals surface area contributed by atoms with Crippen LogP contribution in [0, 0.1) is 5.92 Å². The first kappa shape index (κ1) is 25.2. The summed E-state index contributed by atoms with van der Waals surface area (Å²) < 4.78 is 5.62. The third kappa shape index (κ3) is 7.87. The smallest absolute Gasteiger partial charge is 0.306 e. The molecular formula is C28H34N2O4. The normalized spacial score (nSPS) is 19.5. The van der Waals surface area contributed by atoms with Crippen molar-refractivity contribution in [3.63, 3.8) is 0 Å². The van der Waals surface area contributed by atoms with E-state index in [0.29, 0.717) is 25.3 Å². The quantitative estimate of drug-likeness (QED) is 0.486. The van der Waals surface area contributed by atoms with Gasteiger partial charge in [-0.15, -0.1) is 0 Å². The van der Waals surface area contributed by atoms with Crippen LogP contribution in [-0.2, 0) is 25.7 Å². The molecule has 0 radical (unpaired) electrons. The van der Waals surface area contributed by atoms with Gasteiger partial charge in [0.05, 0.1) is 12.5 Å². The van der Waals surface area contributed by atoms with E-state index in [1.165, 1.54) is 5.56 Å². The fraction of sp³-hybridized carbons (Fsp3) is 0.393. The van der Waals surface area contributed by atoms with Gasteiger partial charge in [-0.2, -0.15) is 0 Å². The zero-order chi connectivity index (χ0) is 24.3.